The van der Waals surface area contributed by atoms with Gasteiger partial charge in [-0.05, 0) is 25.1 Å². The van der Waals surface area contributed by atoms with E-state index >= 15 is 0 Å². The highest BCUT2D eigenvalue weighted by atomic mass is 16.5. The lowest BCUT2D eigenvalue weighted by atomic mass is 10.0. The summed E-state index contributed by atoms with van der Waals surface area (Å²) < 4.78 is 6.37. The maximum absolute atomic E-state index is 13.1. The predicted octanol–water partition coefficient (Wildman–Crippen LogP) is 3.58. The average Bonchev–Trinajstić information content (AvgIpc) is 3.24. The third-order valence-electron chi connectivity index (χ3n) is 6.12. The standard InChI is InChI=1S/C26H29N3O4/c1-16(2)24(27-3)25(30)29-15-18(13-22(29)26(31)32)33-23-14-21(17-9-5-4-6-10-17)28-20-12-8-7-11-19(20)23/h4-12,14,16,18,22,24,27H,13,15H2,1-3H3,(H,31,32)/t18-,22+,24+/m1/s1. The van der Waals surface area contributed by atoms with Gasteiger partial charge in [-0.3, -0.25) is 4.79 Å². The first-order chi connectivity index (χ1) is 15.9. The van der Waals surface area contributed by atoms with E-state index in [1.165, 1.54) is 4.90 Å². The predicted molar refractivity (Wildman–Crippen MR) is 127 cm³/mol. The number of nitrogens with one attached hydrogen (secondary N) is 1. The molecule has 1 aliphatic rings. The number of carbonyl (C=O) groups excluding carboxylic acids is 1. The molecule has 7 heteroatoms. The maximum atomic E-state index is 13.1. The van der Waals surface area contributed by atoms with Crippen LogP contribution in [0.3, 0.4) is 0 Å². The number of aliphatic carboxylic acids is 1. The van der Waals surface area contributed by atoms with Crippen molar-refractivity contribution in [2.75, 3.05) is 13.6 Å². The molecule has 1 fully saturated rings. The highest BCUT2D eigenvalue weighted by Crippen LogP contribution is 2.33. The third-order valence-corrected chi connectivity index (χ3v) is 6.12. The van der Waals surface area contributed by atoms with Gasteiger partial charge in [0.1, 0.15) is 17.9 Å². The first-order valence-electron chi connectivity index (χ1n) is 11.2. The Hall–Kier alpha value is -3.45. The molecule has 1 amide bonds. The van der Waals surface area contributed by atoms with Crippen LogP contribution in [0.5, 0.6) is 5.75 Å². The number of carbonyl (C=O) groups is 2. The fraction of sp³-hybridized carbons (Fsp3) is 0.346. The second-order valence-corrected chi connectivity index (χ2v) is 8.72. The van der Waals surface area contributed by atoms with Crippen LogP contribution in [0.2, 0.25) is 0 Å². The summed E-state index contributed by atoms with van der Waals surface area (Å²) in [5.41, 5.74) is 2.54. The number of fused-ring (bicyclic) bond motifs is 1. The highest BCUT2D eigenvalue weighted by molar-refractivity contribution is 5.89. The molecule has 2 N–H and O–H groups in total. The first-order valence-corrected chi connectivity index (χ1v) is 11.2. The van der Waals surface area contributed by atoms with Crippen molar-refractivity contribution in [2.45, 2.75) is 38.5 Å². The third kappa shape index (κ3) is 4.68. The molecule has 0 saturated carbocycles. The zero-order valence-electron chi connectivity index (χ0n) is 19.1. The van der Waals surface area contributed by atoms with E-state index in [1.54, 1.807) is 7.05 Å². The molecular formula is C26H29N3O4. The van der Waals surface area contributed by atoms with Gasteiger partial charge in [-0.2, -0.15) is 0 Å². The smallest absolute Gasteiger partial charge is 0.326 e. The molecule has 2 heterocycles. The molecule has 0 bridgehead atoms. The average molecular weight is 448 g/mol. The number of hydrogen-bond acceptors (Lipinski definition) is 5. The number of carboxylic acid groups (broad SMARTS) is 1. The lowest BCUT2D eigenvalue weighted by Crippen LogP contribution is -2.51. The zero-order valence-corrected chi connectivity index (χ0v) is 19.1. The van der Waals surface area contributed by atoms with Crippen LogP contribution in [0.4, 0.5) is 0 Å². The Balaban J connectivity index is 1.65. The Morgan fingerprint density at radius 3 is 2.48 bits per heavy atom. The van der Waals surface area contributed by atoms with Crippen LogP contribution in [-0.4, -0.2) is 58.6 Å². The van der Waals surface area contributed by atoms with Gasteiger partial charge in [0, 0.05) is 23.4 Å². The summed E-state index contributed by atoms with van der Waals surface area (Å²) in [4.78, 5) is 31.3. The minimum Gasteiger partial charge on any atom is -0.488 e. The molecule has 0 aliphatic carbocycles. The summed E-state index contributed by atoms with van der Waals surface area (Å²) >= 11 is 0. The molecule has 3 aromatic rings. The Morgan fingerprint density at radius 1 is 1.12 bits per heavy atom. The number of ether oxygens (including phenoxy) is 1. The summed E-state index contributed by atoms with van der Waals surface area (Å²) in [5, 5.41) is 13.7. The van der Waals surface area contributed by atoms with Crippen molar-refractivity contribution in [3.8, 4) is 17.0 Å². The van der Waals surface area contributed by atoms with Crippen LogP contribution in [0, 0.1) is 5.92 Å². The van der Waals surface area contributed by atoms with Crippen LogP contribution in [-0.2, 0) is 9.59 Å². The Labute approximate surface area is 193 Å². The van der Waals surface area contributed by atoms with Crippen LogP contribution in [0.15, 0.2) is 60.7 Å². The summed E-state index contributed by atoms with van der Waals surface area (Å²) in [7, 11) is 1.72. The van der Waals surface area contributed by atoms with E-state index in [1.807, 2.05) is 74.5 Å². The van der Waals surface area contributed by atoms with Gasteiger partial charge in [0.15, 0.2) is 0 Å². The lowest BCUT2D eigenvalue weighted by Gasteiger charge is -2.28. The van der Waals surface area contributed by atoms with Gasteiger partial charge in [0.2, 0.25) is 5.91 Å². The van der Waals surface area contributed by atoms with Crippen molar-refractivity contribution in [2.24, 2.45) is 5.92 Å². The second kappa shape index (κ2) is 9.58. The van der Waals surface area contributed by atoms with Gasteiger partial charge in [-0.25, -0.2) is 9.78 Å². The van der Waals surface area contributed by atoms with Crippen LogP contribution in [0.25, 0.3) is 22.2 Å². The van der Waals surface area contributed by atoms with E-state index in [9.17, 15) is 14.7 Å². The van der Waals surface area contributed by atoms with E-state index in [0.717, 1.165) is 22.2 Å². The molecule has 0 spiro atoms. The van der Waals surface area contributed by atoms with Crippen molar-refractivity contribution < 1.29 is 19.4 Å². The van der Waals surface area contributed by atoms with Crippen molar-refractivity contribution in [3.63, 3.8) is 0 Å². The summed E-state index contributed by atoms with van der Waals surface area (Å²) in [6.45, 7) is 4.10. The van der Waals surface area contributed by atoms with E-state index in [-0.39, 0.29) is 24.8 Å². The number of likely N-dealkylation sites (tertiary alicyclic amines) is 1. The molecule has 4 rings (SSSR count). The van der Waals surface area contributed by atoms with E-state index in [0.29, 0.717) is 5.75 Å². The molecule has 0 radical (unpaired) electrons. The fourth-order valence-corrected chi connectivity index (χ4v) is 4.46. The number of rotatable bonds is 7. The van der Waals surface area contributed by atoms with Gasteiger partial charge in [0.05, 0.1) is 23.8 Å². The molecule has 1 saturated heterocycles. The van der Waals surface area contributed by atoms with E-state index in [4.69, 9.17) is 9.72 Å². The molecule has 0 unspecified atom stereocenters. The Morgan fingerprint density at radius 2 is 1.82 bits per heavy atom. The van der Waals surface area contributed by atoms with Gasteiger partial charge in [-0.1, -0.05) is 56.3 Å². The van der Waals surface area contributed by atoms with Crippen molar-refractivity contribution in [1.82, 2.24) is 15.2 Å². The number of nitrogens with zero attached hydrogens (tertiary/aromatic N) is 2. The fourth-order valence-electron chi connectivity index (χ4n) is 4.46. The normalized spacial score (nSPS) is 19.1. The molecular weight excluding hydrogens is 418 g/mol. The summed E-state index contributed by atoms with van der Waals surface area (Å²) in [6, 6.07) is 18.1. The molecule has 172 valence electrons. The number of benzene rings is 2. The van der Waals surface area contributed by atoms with Crippen molar-refractivity contribution >= 4 is 22.8 Å². The van der Waals surface area contributed by atoms with Crippen molar-refractivity contribution in [1.29, 1.82) is 0 Å². The molecule has 3 atom stereocenters. The number of aromatic nitrogens is 1. The summed E-state index contributed by atoms with van der Waals surface area (Å²) in [5.74, 6) is -0.556. The number of pyridine rings is 1. The molecule has 1 aromatic heterocycles. The summed E-state index contributed by atoms with van der Waals surface area (Å²) in [6.07, 6.45) is -0.207. The number of para-hydroxylation sites is 1. The van der Waals surface area contributed by atoms with E-state index < -0.39 is 24.2 Å². The minimum absolute atomic E-state index is 0.0366. The number of likely N-dealkylation sites (N-methyl/N-ethyl adjacent to an activating group) is 1. The first kappa shape index (κ1) is 22.7. The van der Waals surface area contributed by atoms with Crippen molar-refractivity contribution in [3.05, 3.63) is 60.7 Å². The van der Waals surface area contributed by atoms with Crippen LogP contribution < -0.4 is 10.1 Å². The van der Waals surface area contributed by atoms with E-state index in [2.05, 4.69) is 5.32 Å². The Kier molecular flexibility index (Phi) is 6.60. The van der Waals surface area contributed by atoms with Gasteiger partial charge < -0.3 is 20.1 Å². The lowest BCUT2D eigenvalue weighted by molar-refractivity contribution is -0.149. The zero-order chi connectivity index (χ0) is 23.5. The van der Waals surface area contributed by atoms with Crippen LogP contribution in [0.1, 0.15) is 20.3 Å². The monoisotopic (exact) mass is 447 g/mol. The Bertz CT molecular complexity index is 1150. The van der Waals surface area contributed by atoms with Gasteiger partial charge in [0.25, 0.3) is 0 Å². The number of amides is 1. The largest absolute Gasteiger partial charge is 0.488 e. The maximum Gasteiger partial charge on any atom is 0.326 e. The molecule has 1 aliphatic heterocycles. The minimum atomic E-state index is -1.02. The second-order valence-electron chi connectivity index (χ2n) is 8.72. The SMILES string of the molecule is CN[C@H](C(=O)N1C[C@H](Oc2cc(-c3ccccc3)nc3ccccc23)C[C@H]1C(=O)O)C(C)C. The van der Waals surface area contributed by atoms with Gasteiger partial charge in [-0.15, -0.1) is 0 Å². The highest BCUT2D eigenvalue weighted by Gasteiger charge is 2.43. The molecule has 33 heavy (non-hydrogen) atoms. The van der Waals surface area contributed by atoms with Crippen LogP contribution >= 0.6 is 0 Å². The molecule has 7 nitrogen and oxygen atoms in total. The quantitative estimate of drug-likeness (QED) is 0.575. The van der Waals surface area contributed by atoms with Gasteiger partial charge >= 0.3 is 5.97 Å². The molecule has 2 aromatic carbocycles. The topological polar surface area (TPSA) is 91.8 Å². The number of carboxylic acids is 1. The number of hydrogen-bond donors (Lipinski definition) is 2.